The Hall–Kier alpha value is -1.98. The zero-order chi connectivity index (χ0) is 14.5. The number of esters is 1. The van der Waals surface area contributed by atoms with E-state index < -0.39 is 39.4 Å². The van der Waals surface area contributed by atoms with Crippen LogP contribution < -0.4 is 4.72 Å². The first-order chi connectivity index (χ1) is 8.88. The summed E-state index contributed by atoms with van der Waals surface area (Å²) >= 11 is 0. The van der Waals surface area contributed by atoms with Crippen LogP contribution >= 0.6 is 0 Å². The number of nitrogens with zero attached hydrogens (tertiary/aromatic N) is 1. The van der Waals surface area contributed by atoms with Crippen LogP contribution in [-0.4, -0.2) is 27.0 Å². The quantitative estimate of drug-likeness (QED) is 0.798. The molecule has 0 heterocycles. The molecule has 0 unspecified atom stereocenters. The molecule has 0 amide bonds. The molecule has 1 atom stereocenters. The lowest BCUT2D eigenvalue weighted by atomic mass is 10.3. The highest BCUT2D eigenvalue weighted by atomic mass is 32.2. The molecule has 0 radical (unpaired) electrons. The van der Waals surface area contributed by atoms with Crippen molar-refractivity contribution in [2.24, 2.45) is 0 Å². The number of ether oxygens (including phenoxy) is 1. The smallest absolute Gasteiger partial charge is 0.324 e. The van der Waals surface area contributed by atoms with Crippen molar-refractivity contribution in [1.29, 1.82) is 5.26 Å². The molecule has 1 aromatic carbocycles. The van der Waals surface area contributed by atoms with Crippen LogP contribution in [0.2, 0.25) is 0 Å². The molecule has 1 N–H and O–H groups in total. The van der Waals surface area contributed by atoms with Crippen molar-refractivity contribution < 1.29 is 22.3 Å². The maximum atomic E-state index is 13.4. The van der Waals surface area contributed by atoms with Crippen LogP contribution in [0.3, 0.4) is 0 Å². The van der Waals surface area contributed by atoms with Crippen molar-refractivity contribution >= 4 is 16.0 Å². The van der Waals surface area contributed by atoms with Crippen molar-refractivity contribution in [2.75, 3.05) is 6.61 Å². The van der Waals surface area contributed by atoms with Crippen LogP contribution in [0.5, 0.6) is 0 Å². The molecule has 0 aliphatic carbocycles. The minimum Gasteiger partial charge on any atom is -0.449 e. The number of hydrogen-bond donors (Lipinski definition) is 1. The topological polar surface area (TPSA) is 96.3 Å². The highest BCUT2D eigenvalue weighted by molar-refractivity contribution is 7.89. The molecule has 0 saturated carbocycles. The van der Waals surface area contributed by atoms with Crippen LogP contribution in [0.25, 0.3) is 0 Å². The Morgan fingerprint density at radius 1 is 1.53 bits per heavy atom. The molecule has 8 heteroatoms. The van der Waals surface area contributed by atoms with Gasteiger partial charge in [0.15, 0.2) is 6.61 Å². The van der Waals surface area contributed by atoms with Gasteiger partial charge in [0, 0.05) is 0 Å². The van der Waals surface area contributed by atoms with Gasteiger partial charge >= 0.3 is 5.97 Å². The van der Waals surface area contributed by atoms with Gasteiger partial charge < -0.3 is 4.74 Å². The zero-order valence-corrected chi connectivity index (χ0v) is 10.8. The first kappa shape index (κ1) is 15.1. The van der Waals surface area contributed by atoms with Gasteiger partial charge in [-0.1, -0.05) is 12.1 Å². The van der Waals surface area contributed by atoms with Crippen molar-refractivity contribution in [3.8, 4) is 6.07 Å². The number of carbonyl (C=O) groups is 1. The summed E-state index contributed by atoms with van der Waals surface area (Å²) in [6.45, 7) is 0.753. The standard InChI is InChI=1S/C11H11FN2O4S/c1-8(11(15)18-7-6-13)14-19(16,17)10-5-3-2-4-9(10)12/h2-5,8,14H,7H2,1H3/t8-/m0/s1. The predicted octanol–water partition coefficient (Wildman–Crippen LogP) is 0.559. The molecule has 102 valence electrons. The van der Waals surface area contributed by atoms with Gasteiger partial charge in [-0.3, -0.25) is 4.79 Å². The highest BCUT2D eigenvalue weighted by Crippen LogP contribution is 2.13. The molecule has 0 saturated heterocycles. The summed E-state index contributed by atoms with van der Waals surface area (Å²) in [6, 6.07) is 5.12. The van der Waals surface area contributed by atoms with Gasteiger partial charge in [-0.15, -0.1) is 0 Å². The number of nitriles is 1. The maximum Gasteiger partial charge on any atom is 0.324 e. The molecule has 0 aliphatic rings. The lowest BCUT2D eigenvalue weighted by Crippen LogP contribution is -2.39. The zero-order valence-electron chi connectivity index (χ0n) is 9.96. The predicted molar refractivity (Wildman–Crippen MR) is 62.8 cm³/mol. The number of halogens is 1. The van der Waals surface area contributed by atoms with E-state index in [0.29, 0.717) is 0 Å². The molecule has 1 rings (SSSR count). The second-order valence-electron chi connectivity index (χ2n) is 3.54. The fourth-order valence-electron chi connectivity index (χ4n) is 1.24. The van der Waals surface area contributed by atoms with E-state index in [2.05, 4.69) is 4.74 Å². The molecule has 1 aromatic rings. The van der Waals surface area contributed by atoms with Gasteiger partial charge in [-0.25, -0.2) is 12.8 Å². The summed E-state index contributed by atoms with van der Waals surface area (Å²) in [5.74, 6) is -1.84. The number of nitrogens with one attached hydrogen (secondary N) is 1. The lowest BCUT2D eigenvalue weighted by Gasteiger charge is -2.12. The van der Waals surface area contributed by atoms with E-state index in [1.165, 1.54) is 19.1 Å². The van der Waals surface area contributed by atoms with Crippen molar-refractivity contribution in [2.45, 2.75) is 17.9 Å². The summed E-state index contributed by atoms with van der Waals surface area (Å²) in [6.07, 6.45) is 0. The summed E-state index contributed by atoms with van der Waals surface area (Å²) in [5.41, 5.74) is 0. The Morgan fingerprint density at radius 3 is 2.74 bits per heavy atom. The molecule has 0 fully saturated rings. The SMILES string of the molecule is C[C@H](NS(=O)(=O)c1ccccc1F)C(=O)OCC#N. The maximum absolute atomic E-state index is 13.4. The number of rotatable bonds is 5. The van der Waals surface area contributed by atoms with Gasteiger partial charge in [0.05, 0.1) is 0 Å². The molecule has 0 aromatic heterocycles. The second-order valence-corrected chi connectivity index (χ2v) is 5.22. The third kappa shape index (κ3) is 4.01. The average Bonchev–Trinajstić information content (AvgIpc) is 2.35. The lowest BCUT2D eigenvalue weighted by molar-refractivity contribution is -0.143. The molecular formula is C11H11FN2O4S. The average molecular weight is 286 g/mol. The van der Waals surface area contributed by atoms with Crippen molar-refractivity contribution in [1.82, 2.24) is 4.72 Å². The van der Waals surface area contributed by atoms with Crippen LogP contribution in [0, 0.1) is 17.1 Å². The Kier molecular flexibility index (Phi) is 4.97. The van der Waals surface area contributed by atoms with Crippen molar-refractivity contribution in [3.05, 3.63) is 30.1 Å². The van der Waals surface area contributed by atoms with Gasteiger partial charge in [0.1, 0.15) is 22.8 Å². The third-order valence-electron chi connectivity index (χ3n) is 2.09. The minimum atomic E-state index is -4.17. The molecule has 0 aliphatic heterocycles. The number of hydrogen-bond acceptors (Lipinski definition) is 5. The number of benzene rings is 1. The molecule has 6 nitrogen and oxygen atoms in total. The molecule has 19 heavy (non-hydrogen) atoms. The van der Waals surface area contributed by atoms with E-state index >= 15 is 0 Å². The van der Waals surface area contributed by atoms with Crippen LogP contribution in [0.15, 0.2) is 29.2 Å². The Morgan fingerprint density at radius 2 is 2.16 bits per heavy atom. The molecular weight excluding hydrogens is 275 g/mol. The Bertz CT molecular complexity index is 609. The minimum absolute atomic E-state index is 0.482. The van der Waals surface area contributed by atoms with E-state index in [9.17, 15) is 17.6 Å². The Balaban J connectivity index is 2.84. The van der Waals surface area contributed by atoms with E-state index in [1.54, 1.807) is 6.07 Å². The van der Waals surface area contributed by atoms with Crippen LogP contribution in [0.4, 0.5) is 4.39 Å². The van der Waals surface area contributed by atoms with E-state index in [-0.39, 0.29) is 0 Å². The summed E-state index contributed by atoms with van der Waals surface area (Å²) < 4.78 is 43.4. The second kappa shape index (κ2) is 6.26. The third-order valence-corrected chi connectivity index (χ3v) is 3.66. The Labute approximate surface area is 109 Å². The van der Waals surface area contributed by atoms with Gasteiger partial charge in [0.2, 0.25) is 10.0 Å². The van der Waals surface area contributed by atoms with Gasteiger partial charge in [0.25, 0.3) is 0 Å². The van der Waals surface area contributed by atoms with Gasteiger partial charge in [-0.2, -0.15) is 9.98 Å². The van der Waals surface area contributed by atoms with Crippen LogP contribution in [0.1, 0.15) is 6.92 Å². The van der Waals surface area contributed by atoms with E-state index in [0.717, 1.165) is 12.1 Å². The van der Waals surface area contributed by atoms with Crippen LogP contribution in [-0.2, 0) is 19.6 Å². The van der Waals surface area contributed by atoms with Crippen molar-refractivity contribution in [3.63, 3.8) is 0 Å². The summed E-state index contributed by atoms with van der Waals surface area (Å²) in [7, 11) is -4.17. The van der Waals surface area contributed by atoms with E-state index in [4.69, 9.17) is 5.26 Å². The number of carbonyl (C=O) groups excluding carboxylic acids is 1. The summed E-state index contributed by atoms with van der Waals surface area (Å²) in [5, 5.41) is 8.23. The highest BCUT2D eigenvalue weighted by Gasteiger charge is 2.25. The monoisotopic (exact) mass is 286 g/mol. The normalized spacial score (nSPS) is 12.5. The molecule has 0 bridgehead atoms. The largest absolute Gasteiger partial charge is 0.449 e. The molecule has 0 spiro atoms. The number of sulfonamides is 1. The fraction of sp³-hybridized carbons (Fsp3) is 0.273. The van der Waals surface area contributed by atoms with Gasteiger partial charge in [-0.05, 0) is 19.1 Å². The summed E-state index contributed by atoms with van der Waals surface area (Å²) in [4.78, 5) is 10.7. The van der Waals surface area contributed by atoms with E-state index in [1.807, 2.05) is 4.72 Å². The first-order valence-electron chi connectivity index (χ1n) is 5.19. The first-order valence-corrected chi connectivity index (χ1v) is 6.67. The fourth-order valence-corrected chi connectivity index (χ4v) is 2.51.